The average Bonchev–Trinajstić information content (AvgIpc) is 2.49. The van der Waals surface area contributed by atoms with Gasteiger partial charge in [0.2, 0.25) is 5.28 Å². The van der Waals surface area contributed by atoms with E-state index in [-0.39, 0.29) is 47.0 Å². The quantitative estimate of drug-likeness (QED) is 0.409. The van der Waals surface area contributed by atoms with Crippen molar-refractivity contribution in [1.29, 1.82) is 0 Å². The summed E-state index contributed by atoms with van der Waals surface area (Å²) in [5, 5.41) is 12.1. The first kappa shape index (κ1) is 19.2. The summed E-state index contributed by atoms with van der Waals surface area (Å²) in [6.07, 6.45) is -0.725. The van der Waals surface area contributed by atoms with Crippen LogP contribution in [0.3, 0.4) is 0 Å². The van der Waals surface area contributed by atoms with Gasteiger partial charge in [-0.1, -0.05) is 11.6 Å². The van der Waals surface area contributed by atoms with Crippen LogP contribution in [0.2, 0.25) is 10.3 Å². The molecule has 1 aromatic heterocycles. The van der Waals surface area contributed by atoms with Gasteiger partial charge in [0.25, 0.3) is 0 Å². The largest absolute Gasteiger partial charge is 0.464 e. The molecule has 1 aromatic rings. The first-order chi connectivity index (χ1) is 10.4. The maximum absolute atomic E-state index is 11.6. The second-order valence-electron chi connectivity index (χ2n) is 4.39. The first-order valence-corrected chi connectivity index (χ1v) is 7.57. The zero-order chi connectivity index (χ0) is 16.7. The monoisotopic (exact) mass is 371 g/mol. The Morgan fingerprint density at radius 2 is 2.05 bits per heavy atom. The molecule has 10 heteroatoms. The van der Waals surface area contributed by atoms with Crippen LogP contribution in [-0.4, -0.2) is 59.4 Å². The number of ether oxygens (including phenoxy) is 2. The fraction of sp³-hybridized carbons (Fsp3) is 0.583. The van der Waals surface area contributed by atoms with Crippen LogP contribution >= 0.6 is 34.8 Å². The summed E-state index contributed by atoms with van der Waals surface area (Å²) >= 11 is 17.3. The number of aliphatic hydroxyl groups is 1. The number of nitrogens with zero attached hydrogens (tertiary/aromatic N) is 2. The Balaban J connectivity index is 2.72. The Hall–Kier alpha value is -0.860. The van der Waals surface area contributed by atoms with Crippen molar-refractivity contribution in [1.82, 2.24) is 9.97 Å². The summed E-state index contributed by atoms with van der Waals surface area (Å²) in [5.41, 5.74) is -0.127. The lowest BCUT2D eigenvalue weighted by molar-refractivity contribution is 0.0453. The standard InChI is InChI=1S/C12H16Cl3N3O4/c1-6(4-22-5-7(19)3-13)16-10-8(14)9(11(20)21-2)17-12(15)18-10/h6-7,19H,3-5H2,1-2H3,(H,16,17,18)/t6-,7?/m0/s1. The smallest absolute Gasteiger partial charge is 0.358 e. The second kappa shape index (κ2) is 9.32. The van der Waals surface area contributed by atoms with E-state index in [2.05, 4.69) is 20.0 Å². The van der Waals surface area contributed by atoms with Crippen molar-refractivity contribution in [2.24, 2.45) is 0 Å². The van der Waals surface area contributed by atoms with Crippen LogP contribution in [0.15, 0.2) is 0 Å². The summed E-state index contributed by atoms with van der Waals surface area (Å²) in [6, 6.07) is -0.212. The molecule has 0 aliphatic heterocycles. The van der Waals surface area contributed by atoms with Crippen molar-refractivity contribution in [2.75, 3.05) is 31.5 Å². The maximum Gasteiger partial charge on any atom is 0.358 e. The van der Waals surface area contributed by atoms with Crippen molar-refractivity contribution >= 4 is 46.6 Å². The highest BCUT2D eigenvalue weighted by Gasteiger charge is 2.20. The van der Waals surface area contributed by atoms with E-state index in [9.17, 15) is 9.90 Å². The molecule has 0 aromatic carbocycles. The molecule has 0 amide bonds. The molecule has 0 saturated carbocycles. The van der Waals surface area contributed by atoms with E-state index < -0.39 is 12.1 Å². The van der Waals surface area contributed by atoms with E-state index in [1.165, 1.54) is 7.11 Å². The Kier molecular flexibility index (Phi) is 8.13. The summed E-state index contributed by atoms with van der Waals surface area (Å²) in [5.74, 6) is -0.431. The zero-order valence-corrected chi connectivity index (χ0v) is 14.2. The van der Waals surface area contributed by atoms with Crippen molar-refractivity contribution in [3.63, 3.8) is 0 Å². The van der Waals surface area contributed by atoms with Gasteiger partial charge in [0.15, 0.2) is 11.5 Å². The average molecular weight is 373 g/mol. The van der Waals surface area contributed by atoms with Gasteiger partial charge in [-0.05, 0) is 18.5 Å². The van der Waals surface area contributed by atoms with Gasteiger partial charge in [-0.25, -0.2) is 9.78 Å². The molecule has 0 aliphatic rings. The van der Waals surface area contributed by atoms with Crippen LogP contribution < -0.4 is 5.32 Å². The van der Waals surface area contributed by atoms with Gasteiger partial charge in [0.05, 0.1) is 32.3 Å². The molecule has 124 valence electrons. The number of hydrogen-bond acceptors (Lipinski definition) is 7. The molecule has 0 saturated heterocycles. The van der Waals surface area contributed by atoms with Gasteiger partial charge < -0.3 is 19.9 Å². The van der Waals surface area contributed by atoms with Crippen molar-refractivity contribution in [3.8, 4) is 0 Å². The van der Waals surface area contributed by atoms with Crippen molar-refractivity contribution in [3.05, 3.63) is 16.0 Å². The van der Waals surface area contributed by atoms with E-state index >= 15 is 0 Å². The zero-order valence-electron chi connectivity index (χ0n) is 12.0. The van der Waals surface area contributed by atoms with Crippen LogP contribution in [0, 0.1) is 0 Å². The van der Waals surface area contributed by atoms with Gasteiger partial charge >= 0.3 is 5.97 Å². The lowest BCUT2D eigenvalue weighted by atomic mass is 10.3. The third-order valence-electron chi connectivity index (χ3n) is 2.44. The molecule has 1 heterocycles. The maximum atomic E-state index is 11.6. The third kappa shape index (κ3) is 5.73. The number of halogens is 3. The Morgan fingerprint density at radius 3 is 2.64 bits per heavy atom. The van der Waals surface area contributed by atoms with Crippen LogP contribution in [0.4, 0.5) is 5.82 Å². The minimum absolute atomic E-state index is 0.00360. The lowest BCUT2D eigenvalue weighted by Crippen LogP contribution is -2.26. The van der Waals surface area contributed by atoms with Crippen LogP contribution in [0.1, 0.15) is 17.4 Å². The van der Waals surface area contributed by atoms with Gasteiger partial charge in [-0.15, -0.1) is 11.6 Å². The molecule has 2 N–H and O–H groups in total. The highest BCUT2D eigenvalue weighted by molar-refractivity contribution is 6.36. The normalized spacial score (nSPS) is 13.5. The number of aromatic nitrogens is 2. The van der Waals surface area contributed by atoms with Crippen LogP contribution in [0.5, 0.6) is 0 Å². The molecular weight excluding hydrogens is 357 g/mol. The van der Waals surface area contributed by atoms with Gasteiger partial charge in [-0.2, -0.15) is 4.98 Å². The molecule has 0 radical (unpaired) electrons. The fourth-order valence-electron chi connectivity index (χ4n) is 1.45. The highest BCUT2D eigenvalue weighted by Crippen LogP contribution is 2.25. The SMILES string of the molecule is COC(=O)c1nc(Cl)nc(N[C@@H](C)COCC(O)CCl)c1Cl. The van der Waals surface area contributed by atoms with Gasteiger partial charge in [0, 0.05) is 6.04 Å². The predicted octanol–water partition coefficient (Wildman–Crippen LogP) is 1.99. The van der Waals surface area contributed by atoms with Crippen LogP contribution in [0.25, 0.3) is 0 Å². The summed E-state index contributed by atoms with van der Waals surface area (Å²) in [6.45, 7) is 2.18. The molecule has 0 fully saturated rings. The molecule has 7 nitrogen and oxygen atoms in total. The predicted molar refractivity (Wildman–Crippen MR) is 84.0 cm³/mol. The number of esters is 1. The molecule has 1 unspecified atom stereocenters. The number of hydrogen-bond donors (Lipinski definition) is 2. The van der Waals surface area contributed by atoms with E-state index in [1.54, 1.807) is 6.92 Å². The number of carbonyl (C=O) groups excluding carboxylic acids is 1. The number of carbonyl (C=O) groups is 1. The molecule has 2 atom stereocenters. The fourth-order valence-corrected chi connectivity index (χ4v) is 1.92. The minimum Gasteiger partial charge on any atom is -0.464 e. The number of alkyl halides is 1. The molecule has 0 bridgehead atoms. The minimum atomic E-state index is -0.725. The molecule has 0 aliphatic carbocycles. The number of rotatable bonds is 8. The topological polar surface area (TPSA) is 93.6 Å². The van der Waals surface area contributed by atoms with E-state index in [1.807, 2.05) is 0 Å². The van der Waals surface area contributed by atoms with Gasteiger partial charge in [0.1, 0.15) is 5.02 Å². The summed E-state index contributed by atoms with van der Waals surface area (Å²) in [4.78, 5) is 19.2. The highest BCUT2D eigenvalue weighted by atomic mass is 35.5. The number of aliphatic hydroxyl groups excluding tert-OH is 1. The molecular formula is C12H16Cl3N3O4. The van der Waals surface area contributed by atoms with E-state index in [0.29, 0.717) is 0 Å². The number of anilines is 1. The first-order valence-electron chi connectivity index (χ1n) is 6.28. The summed E-state index contributed by atoms with van der Waals surface area (Å²) < 4.78 is 9.85. The summed E-state index contributed by atoms with van der Waals surface area (Å²) in [7, 11) is 1.21. The molecule has 22 heavy (non-hydrogen) atoms. The molecule has 1 rings (SSSR count). The van der Waals surface area contributed by atoms with E-state index in [0.717, 1.165) is 0 Å². The lowest BCUT2D eigenvalue weighted by Gasteiger charge is -2.17. The van der Waals surface area contributed by atoms with Crippen LogP contribution in [-0.2, 0) is 9.47 Å². The third-order valence-corrected chi connectivity index (χ3v) is 3.33. The Bertz CT molecular complexity index is 519. The van der Waals surface area contributed by atoms with Gasteiger partial charge in [-0.3, -0.25) is 0 Å². The Morgan fingerprint density at radius 1 is 1.36 bits per heavy atom. The second-order valence-corrected chi connectivity index (χ2v) is 5.41. The van der Waals surface area contributed by atoms with E-state index in [4.69, 9.17) is 39.5 Å². The molecule has 0 spiro atoms. The number of methoxy groups -OCH3 is 1. The van der Waals surface area contributed by atoms with Crippen molar-refractivity contribution < 1.29 is 19.4 Å². The number of nitrogens with one attached hydrogen (secondary N) is 1. The van der Waals surface area contributed by atoms with Crippen molar-refractivity contribution in [2.45, 2.75) is 19.1 Å². The Labute approximate surface area is 142 Å².